The van der Waals surface area contributed by atoms with Crippen LogP contribution in [0.3, 0.4) is 0 Å². The van der Waals surface area contributed by atoms with Crippen LogP contribution in [0, 0.1) is 23.7 Å². The lowest BCUT2D eigenvalue weighted by Crippen LogP contribution is -2.30. The van der Waals surface area contributed by atoms with Crippen LogP contribution >= 0.6 is 15.6 Å². The third-order valence-electron chi connectivity index (χ3n) is 18.1. The number of esters is 4. The van der Waals surface area contributed by atoms with Gasteiger partial charge >= 0.3 is 39.5 Å². The van der Waals surface area contributed by atoms with Gasteiger partial charge in [0.15, 0.2) is 12.2 Å². The van der Waals surface area contributed by atoms with E-state index in [1.165, 1.54) is 186 Å². The topological polar surface area (TPSA) is 237 Å². The summed E-state index contributed by atoms with van der Waals surface area (Å²) in [7, 11) is -9.91. The van der Waals surface area contributed by atoms with Crippen molar-refractivity contribution in [1.82, 2.24) is 0 Å². The van der Waals surface area contributed by atoms with Crippen LogP contribution in [0.2, 0.25) is 0 Å². The second-order valence-corrected chi connectivity index (χ2v) is 32.9. The molecule has 0 heterocycles. The number of ether oxygens (including phenoxy) is 4. The Labute approximate surface area is 594 Å². The molecule has 0 fully saturated rings. The zero-order valence-electron chi connectivity index (χ0n) is 63.7. The Morgan fingerprint density at radius 3 is 0.639 bits per heavy atom. The minimum atomic E-state index is -4.96. The lowest BCUT2D eigenvalue weighted by molar-refractivity contribution is -0.161. The van der Waals surface area contributed by atoms with Crippen LogP contribution in [0.25, 0.3) is 0 Å². The van der Waals surface area contributed by atoms with Gasteiger partial charge in [0.2, 0.25) is 0 Å². The molecule has 0 saturated carbocycles. The molecule has 3 unspecified atom stereocenters. The van der Waals surface area contributed by atoms with Gasteiger partial charge in [-0.2, -0.15) is 0 Å². The van der Waals surface area contributed by atoms with E-state index in [1.54, 1.807) is 0 Å². The maximum absolute atomic E-state index is 13.1. The Bertz CT molecular complexity index is 1900. The predicted octanol–water partition coefficient (Wildman–Crippen LogP) is 22.8. The molecule has 3 N–H and O–H groups in total. The summed E-state index contributed by atoms with van der Waals surface area (Å²) in [6.07, 6.45) is 53.1. The van der Waals surface area contributed by atoms with Gasteiger partial charge in [0.05, 0.1) is 26.4 Å². The Morgan fingerprint density at radius 2 is 0.433 bits per heavy atom. The standard InChI is InChI=1S/C78H152O17P2/c1-68(2)54-46-38-30-25-21-17-13-11-9-10-12-14-19-23-27-33-44-52-60-77(82)94-73(64-88-75(80)58-50-42-35-29-32-40-48-56-70(5)6)66-92-96(84,85)90-62-72(79)63-91-97(86,87)93-67-74(65-89-76(81)59-51-43-37-36-41-49-57-71(7)8)95-78(83)61-53-45-34-28-24-20-16-15-18-22-26-31-39-47-55-69(3)4/h68-74,79H,9-67H2,1-8H3,(H,84,85)(H,86,87)/t72?,73-,74-/m1/s1. The summed E-state index contributed by atoms with van der Waals surface area (Å²) in [5, 5.41) is 10.6. The largest absolute Gasteiger partial charge is 0.472 e. The van der Waals surface area contributed by atoms with E-state index in [0.29, 0.717) is 37.5 Å². The van der Waals surface area contributed by atoms with Crippen molar-refractivity contribution in [2.24, 2.45) is 23.7 Å². The first-order chi connectivity index (χ1) is 46.6. The van der Waals surface area contributed by atoms with Crippen molar-refractivity contribution in [3.63, 3.8) is 0 Å². The monoisotopic (exact) mass is 1420 g/mol. The van der Waals surface area contributed by atoms with Crippen LogP contribution in [-0.2, 0) is 65.4 Å². The van der Waals surface area contributed by atoms with E-state index < -0.39 is 97.5 Å². The molecule has 97 heavy (non-hydrogen) atoms. The van der Waals surface area contributed by atoms with Gasteiger partial charge in [-0.25, -0.2) is 9.13 Å². The van der Waals surface area contributed by atoms with E-state index in [-0.39, 0.29) is 25.7 Å². The minimum absolute atomic E-state index is 0.106. The molecule has 17 nitrogen and oxygen atoms in total. The molecule has 0 radical (unpaired) electrons. The summed E-state index contributed by atoms with van der Waals surface area (Å²) in [5.41, 5.74) is 0. The highest BCUT2D eigenvalue weighted by molar-refractivity contribution is 7.47. The maximum atomic E-state index is 13.1. The number of aliphatic hydroxyl groups is 1. The van der Waals surface area contributed by atoms with Crippen molar-refractivity contribution in [3.8, 4) is 0 Å². The summed E-state index contributed by atoms with van der Waals surface area (Å²) in [5.74, 6) is 0.878. The second kappa shape index (κ2) is 67.2. The fraction of sp³-hybridized carbons (Fsp3) is 0.949. The first-order valence-electron chi connectivity index (χ1n) is 40.2. The Hall–Kier alpha value is -1.94. The maximum Gasteiger partial charge on any atom is 0.472 e. The first-order valence-corrected chi connectivity index (χ1v) is 43.2. The number of carbonyl (C=O) groups excluding carboxylic acids is 4. The molecular weight excluding hydrogens is 1270 g/mol. The van der Waals surface area contributed by atoms with Crippen LogP contribution < -0.4 is 0 Å². The average Bonchev–Trinajstić information content (AvgIpc) is 0.970. The molecule has 0 aromatic rings. The van der Waals surface area contributed by atoms with Crippen molar-refractivity contribution >= 4 is 39.5 Å². The molecule has 576 valence electrons. The lowest BCUT2D eigenvalue weighted by atomic mass is 10.0. The van der Waals surface area contributed by atoms with Crippen LogP contribution in [0.1, 0.15) is 396 Å². The second-order valence-electron chi connectivity index (χ2n) is 30.0. The van der Waals surface area contributed by atoms with Gasteiger partial charge in [-0.3, -0.25) is 37.3 Å². The molecule has 0 aliphatic carbocycles. The minimum Gasteiger partial charge on any atom is -0.462 e. The molecule has 0 aromatic heterocycles. The Balaban J connectivity index is 5.16. The first kappa shape index (κ1) is 95.1. The molecule has 0 amide bonds. The van der Waals surface area contributed by atoms with E-state index >= 15 is 0 Å². The van der Waals surface area contributed by atoms with Gasteiger partial charge in [0, 0.05) is 25.7 Å². The summed E-state index contributed by atoms with van der Waals surface area (Å²) < 4.78 is 68.5. The lowest BCUT2D eigenvalue weighted by Gasteiger charge is -2.21. The molecule has 0 bridgehead atoms. The van der Waals surface area contributed by atoms with Gasteiger partial charge in [-0.05, 0) is 49.4 Å². The van der Waals surface area contributed by atoms with Gasteiger partial charge in [0.1, 0.15) is 19.3 Å². The fourth-order valence-electron chi connectivity index (χ4n) is 11.9. The predicted molar refractivity (Wildman–Crippen MR) is 395 cm³/mol. The molecule has 0 rings (SSSR count). The molecule has 0 spiro atoms. The smallest absolute Gasteiger partial charge is 0.462 e. The molecule has 0 aliphatic rings. The van der Waals surface area contributed by atoms with E-state index in [4.69, 9.17) is 37.0 Å². The summed E-state index contributed by atoms with van der Waals surface area (Å²) >= 11 is 0. The number of hydrogen-bond donors (Lipinski definition) is 3. The van der Waals surface area contributed by atoms with Gasteiger partial charge < -0.3 is 33.8 Å². The Morgan fingerprint density at radius 1 is 0.258 bits per heavy atom. The van der Waals surface area contributed by atoms with Crippen molar-refractivity contribution in [2.45, 2.75) is 414 Å². The SMILES string of the molecule is CC(C)CCCCCCCCCCCCCCCCCCCCC(=O)O[C@H](COC(=O)CCCCCCCCCC(C)C)COP(=O)(O)OCC(O)COP(=O)(O)OC[C@@H](COC(=O)CCCCCCCCC(C)C)OC(=O)CCCCCCCCCCCCCCCCC(C)C. The zero-order chi connectivity index (χ0) is 71.7. The number of rotatable bonds is 75. The van der Waals surface area contributed by atoms with Gasteiger partial charge in [-0.1, -0.05) is 344 Å². The van der Waals surface area contributed by atoms with Crippen molar-refractivity contribution < 1.29 is 80.2 Å². The van der Waals surface area contributed by atoms with Crippen LogP contribution in [0.15, 0.2) is 0 Å². The van der Waals surface area contributed by atoms with E-state index in [0.717, 1.165) is 115 Å². The number of unbranched alkanes of at least 4 members (excludes halogenated alkanes) is 41. The van der Waals surface area contributed by atoms with Crippen molar-refractivity contribution in [2.75, 3.05) is 39.6 Å². The quantitative estimate of drug-likeness (QED) is 0.0222. The molecule has 19 heteroatoms. The van der Waals surface area contributed by atoms with Crippen molar-refractivity contribution in [3.05, 3.63) is 0 Å². The highest BCUT2D eigenvalue weighted by atomic mass is 31.2. The Kier molecular flexibility index (Phi) is 65.9. The van der Waals surface area contributed by atoms with E-state index in [2.05, 4.69) is 55.4 Å². The van der Waals surface area contributed by atoms with E-state index in [9.17, 15) is 43.2 Å². The van der Waals surface area contributed by atoms with Crippen molar-refractivity contribution in [1.29, 1.82) is 0 Å². The summed E-state index contributed by atoms with van der Waals surface area (Å²) in [4.78, 5) is 72.8. The van der Waals surface area contributed by atoms with Crippen LogP contribution in [-0.4, -0.2) is 96.7 Å². The normalized spacial score (nSPS) is 14.1. The van der Waals surface area contributed by atoms with Gasteiger partial charge in [0.25, 0.3) is 0 Å². The zero-order valence-corrected chi connectivity index (χ0v) is 65.5. The molecule has 0 aliphatic heterocycles. The average molecular weight is 1420 g/mol. The van der Waals surface area contributed by atoms with E-state index in [1.807, 2.05) is 0 Å². The third-order valence-corrected chi connectivity index (χ3v) is 20.0. The molecule has 5 atom stereocenters. The fourth-order valence-corrected chi connectivity index (χ4v) is 13.5. The molecule has 0 saturated heterocycles. The number of hydrogen-bond acceptors (Lipinski definition) is 15. The highest BCUT2D eigenvalue weighted by Gasteiger charge is 2.30. The van der Waals surface area contributed by atoms with Gasteiger partial charge in [-0.15, -0.1) is 0 Å². The molecular formula is C78H152O17P2. The summed E-state index contributed by atoms with van der Waals surface area (Å²) in [6.45, 7) is 14.1. The molecule has 0 aromatic carbocycles. The number of aliphatic hydroxyl groups excluding tert-OH is 1. The number of phosphoric ester groups is 2. The van der Waals surface area contributed by atoms with Crippen LogP contribution in [0.4, 0.5) is 0 Å². The highest BCUT2D eigenvalue weighted by Crippen LogP contribution is 2.45. The number of phosphoric acid groups is 2. The summed E-state index contributed by atoms with van der Waals surface area (Å²) in [6, 6.07) is 0. The third kappa shape index (κ3) is 72.2. The number of carbonyl (C=O) groups is 4. The van der Waals surface area contributed by atoms with Crippen LogP contribution in [0.5, 0.6) is 0 Å².